The molecule has 0 aromatic heterocycles. The van der Waals surface area contributed by atoms with Crippen LogP contribution in [0.25, 0.3) is 0 Å². The highest BCUT2D eigenvalue weighted by atomic mass is 32.2. The summed E-state index contributed by atoms with van der Waals surface area (Å²) in [6.07, 6.45) is 1.31. The van der Waals surface area contributed by atoms with E-state index in [9.17, 15) is 9.59 Å². The maximum Gasteiger partial charge on any atom is 0.317 e. The smallest absolute Gasteiger partial charge is 0.317 e. The molecule has 0 radical (unpaired) electrons. The summed E-state index contributed by atoms with van der Waals surface area (Å²) in [6, 6.07) is 0. The van der Waals surface area contributed by atoms with E-state index in [-0.39, 0.29) is 6.54 Å². The molecule has 5 heteroatoms. The number of aldehydes is 1. The van der Waals surface area contributed by atoms with Crippen LogP contribution < -0.4 is 0 Å². The lowest BCUT2D eigenvalue weighted by molar-refractivity contribution is -0.136. The third-order valence-electron chi connectivity index (χ3n) is 1.29. The largest absolute Gasteiger partial charge is 0.480 e. The average Bonchev–Trinajstić information content (AvgIpc) is 2.00. The summed E-state index contributed by atoms with van der Waals surface area (Å²) in [7, 11) is 1.70. The van der Waals surface area contributed by atoms with E-state index in [2.05, 4.69) is 0 Å². The molecule has 1 N–H and O–H groups in total. The van der Waals surface area contributed by atoms with Crippen LogP contribution in [0.1, 0.15) is 13.3 Å². The van der Waals surface area contributed by atoms with Crippen molar-refractivity contribution in [2.75, 3.05) is 13.6 Å². The van der Waals surface area contributed by atoms with Crippen molar-refractivity contribution in [3.63, 3.8) is 0 Å². The summed E-state index contributed by atoms with van der Waals surface area (Å²) in [4.78, 5) is 20.6. The van der Waals surface area contributed by atoms with Gasteiger partial charge in [0.15, 0.2) is 0 Å². The third kappa shape index (κ3) is 4.35. The van der Waals surface area contributed by atoms with Crippen molar-refractivity contribution in [2.45, 2.75) is 18.6 Å². The molecule has 70 valence electrons. The first-order valence-electron chi connectivity index (χ1n) is 3.66. The third-order valence-corrected chi connectivity index (χ3v) is 2.58. The molecular weight excluding hydrogens is 178 g/mol. The number of aliphatic carboxylic acids is 1. The Kier molecular flexibility index (Phi) is 5.74. The normalized spacial score (nSPS) is 12.9. The van der Waals surface area contributed by atoms with Gasteiger partial charge in [0.1, 0.15) is 11.5 Å². The second-order valence-electron chi connectivity index (χ2n) is 2.32. The summed E-state index contributed by atoms with van der Waals surface area (Å²) in [5.41, 5.74) is 0. The minimum absolute atomic E-state index is 0.258. The summed E-state index contributed by atoms with van der Waals surface area (Å²) in [5.74, 6) is -0.833. The van der Waals surface area contributed by atoms with Gasteiger partial charge in [-0.05, 0) is 13.5 Å². The second kappa shape index (κ2) is 6.02. The van der Waals surface area contributed by atoms with Gasteiger partial charge in [-0.3, -0.25) is 4.79 Å². The van der Waals surface area contributed by atoms with Crippen LogP contribution in [0.2, 0.25) is 0 Å². The van der Waals surface area contributed by atoms with E-state index in [1.165, 1.54) is 11.9 Å². The summed E-state index contributed by atoms with van der Waals surface area (Å²) < 4.78 is 1.62. The first kappa shape index (κ1) is 11.4. The summed E-state index contributed by atoms with van der Waals surface area (Å²) in [5, 5.41) is 8.21. The molecule has 4 nitrogen and oxygen atoms in total. The standard InChI is InChI=1S/C7H13NO3S/c1-3-6(7(10)11)12-8(2)4-5-9/h5-6H,3-4H2,1-2H3,(H,10,11). The Labute approximate surface area is 76.1 Å². The minimum Gasteiger partial charge on any atom is -0.480 e. The lowest BCUT2D eigenvalue weighted by atomic mass is 10.3. The maximum absolute atomic E-state index is 10.5. The van der Waals surface area contributed by atoms with Crippen LogP contribution in [-0.4, -0.2) is 40.5 Å². The van der Waals surface area contributed by atoms with Crippen molar-refractivity contribution in [1.82, 2.24) is 4.31 Å². The van der Waals surface area contributed by atoms with Crippen LogP contribution in [0.3, 0.4) is 0 Å². The Morgan fingerprint density at radius 1 is 1.75 bits per heavy atom. The molecular formula is C7H13NO3S. The van der Waals surface area contributed by atoms with Gasteiger partial charge < -0.3 is 9.90 Å². The minimum atomic E-state index is -0.833. The number of rotatable bonds is 6. The highest BCUT2D eigenvalue weighted by Crippen LogP contribution is 2.17. The highest BCUT2D eigenvalue weighted by Gasteiger charge is 2.17. The number of hydrogen-bond acceptors (Lipinski definition) is 4. The Bertz CT molecular complexity index is 163. The molecule has 0 aliphatic carbocycles. The molecule has 0 spiro atoms. The van der Waals surface area contributed by atoms with Gasteiger partial charge in [-0.15, -0.1) is 0 Å². The molecule has 12 heavy (non-hydrogen) atoms. The molecule has 0 bridgehead atoms. The second-order valence-corrected chi connectivity index (χ2v) is 3.72. The topological polar surface area (TPSA) is 57.6 Å². The molecule has 0 saturated carbocycles. The SMILES string of the molecule is CCC(SN(C)CC=O)C(=O)O. The number of carboxylic acid groups (broad SMARTS) is 1. The number of carbonyl (C=O) groups is 2. The molecule has 0 fully saturated rings. The predicted molar refractivity (Wildman–Crippen MR) is 48.0 cm³/mol. The lowest BCUT2D eigenvalue weighted by Crippen LogP contribution is -2.23. The zero-order valence-corrected chi connectivity index (χ0v) is 8.00. The van der Waals surface area contributed by atoms with E-state index in [1.54, 1.807) is 18.3 Å². The first-order chi connectivity index (χ1) is 5.61. The van der Waals surface area contributed by atoms with Gasteiger partial charge in [0, 0.05) is 0 Å². The Morgan fingerprint density at radius 2 is 2.33 bits per heavy atom. The number of hydrogen-bond donors (Lipinski definition) is 1. The van der Waals surface area contributed by atoms with Crippen molar-refractivity contribution in [2.24, 2.45) is 0 Å². The van der Waals surface area contributed by atoms with E-state index < -0.39 is 11.2 Å². The van der Waals surface area contributed by atoms with Crippen molar-refractivity contribution in [3.05, 3.63) is 0 Å². The molecule has 1 unspecified atom stereocenters. The Hall–Kier alpha value is -0.550. The zero-order chi connectivity index (χ0) is 9.56. The van der Waals surface area contributed by atoms with Gasteiger partial charge in [-0.2, -0.15) is 0 Å². The first-order valence-corrected chi connectivity index (χ1v) is 4.49. The van der Waals surface area contributed by atoms with Gasteiger partial charge in [0.05, 0.1) is 6.54 Å². The molecule has 1 atom stereocenters. The highest BCUT2D eigenvalue weighted by molar-refractivity contribution is 7.98. The fourth-order valence-electron chi connectivity index (χ4n) is 0.659. The van der Waals surface area contributed by atoms with Gasteiger partial charge in [0.2, 0.25) is 0 Å². The average molecular weight is 191 g/mol. The van der Waals surface area contributed by atoms with Crippen molar-refractivity contribution in [3.8, 4) is 0 Å². The van der Waals surface area contributed by atoms with Crippen LogP contribution in [0.4, 0.5) is 0 Å². The predicted octanol–water partition coefficient (Wildman–Crippen LogP) is 0.629. The van der Waals surface area contributed by atoms with Crippen molar-refractivity contribution in [1.29, 1.82) is 0 Å². The quantitative estimate of drug-likeness (QED) is 0.493. The van der Waals surface area contributed by atoms with E-state index in [0.29, 0.717) is 6.42 Å². The van der Waals surface area contributed by atoms with E-state index >= 15 is 0 Å². The molecule has 0 heterocycles. The molecule has 0 aliphatic heterocycles. The monoisotopic (exact) mass is 191 g/mol. The molecule has 0 aromatic carbocycles. The summed E-state index contributed by atoms with van der Waals surface area (Å²) >= 11 is 1.18. The van der Waals surface area contributed by atoms with Crippen LogP contribution in [0.15, 0.2) is 0 Å². The molecule has 0 rings (SSSR count). The van der Waals surface area contributed by atoms with Gasteiger partial charge >= 0.3 is 5.97 Å². The molecule has 0 saturated heterocycles. The molecule has 0 amide bonds. The van der Waals surface area contributed by atoms with Crippen LogP contribution in [-0.2, 0) is 9.59 Å². The lowest BCUT2D eigenvalue weighted by Gasteiger charge is -2.16. The molecule has 0 aromatic rings. The van der Waals surface area contributed by atoms with Crippen LogP contribution in [0, 0.1) is 0 Å². The van der Waals surface area contributed by atoms with Crippen molar-refractivity contribution >= 4 is 24.2 Å². The fraction of sp³-hybridized carbons (Fsp3) is 0.714. The van der Waals surface area contributed by atoms with Crippen molar-refractivity contribution < 1.29 is 14.7 Å². The number of likely N-dealkylation sites (N-methyl/N-ethyl adjacent to an activating group) is 1. The van der Waals surface area contributed by atoms with Gasteiger partial charge in [-0.1, -0.05) is 18.9 Å². The molecule has 0 aliphatic rings. The van der Waals surface area contributed by atoms with E-state index in [1.807, 2.05) is 0 Å². The van der Waals surface area contributed by atoms with Gasteiger partial charge in [0.25, 0.3) is 0 Å². The van der Waals surface area contributed by atoms with Crippen LogP contribution >= 0.6 is 11.9 Å². The van der Waals surface area contributed by atoms with Crippen LogP contribution in [0.5, 0.6) is 0 Å². The van der Waals surface area contributed by atoms with E-state index in [4.69, 9.17) is 5.11 Å². The summed E-state index contributed by atoms with van der Waals surface area (Å²) in [6.45, 7) is 2.06. The van der Waals surface area contributed by atoms with E-state index in [0.717, 1.165) is 6.29 Å². The maximum atomic E-state index is 10.5. The number of nitrogens with zero attached hydrogens (tertiary/aromatic N) is 1. The Morgan fingerprint density at radius 3 is 2.67 bits per heavy atom. The Balaban J connectivity index is 3.84. The fourth-order valence-corrected chi connectivity index (χ4v) is 1.48. The number of carboxylic acids is 1. The number of carbonyl (C=O) groups excluding carboxylic acids is 1. The van der Waals surface area contributed by atoms with Gasteiger partial charge in [-0.25, -0.2) is 4.31 Å². The zero-order valence-electron chi connectivity index (χ0n) is 7.19.